The Morgan fingerprint density at radius 1 is 1.37 bits per heavy atom. The van der Waals surface area contributed by atoms with Crippen LogP contribution < -0.4 is 5.32 Å². The molecule has 1 heterocycles. The van der Waals surface area contributed by atoms with Crippen molar-refractivity contribution >= 4 is 0 Å². The van der Waals surface area contributed by atoms with Gasteiger partial charge in [-0.05, 0) is 37.1 Å². The van der Waals surface area contributed by atoms with Crippen LogP contribution in [0.5, 0.6) is 0 Å². The summed E-state index contributed by atoms with van der Waals surface area (Å²) in [5, 5.41) is 7.71. The van der Waals surface area contributed by atoms with Crippen molar-refractivity contribution in [2.24, 2.45) is 11.3 Å². The summed E-state index contributed by atoms with van der Waals surface area (Å²) in [4.78, 5) is 0. The fraction of sp³-hybridized carbons (Fsp3) is 0.812. The molecule has 0 fully saturated rings. The topological polar surface area (TPSA) is 38.1 Å². The molecule has 1 aliphatic carbocycles. The Labute approximate surface area is 117 Å². The molecule has 1 atom stereocenters. The van der Waals surface area contributed by atoms with E-state index in [9.17, 15) is 0 Å². The van der Waals surface area contributed by atoms with Crippen LogP contribution in [0.25, 0.3) is 0 Å². The van der Waals surface area contributed by atoms with Gasteiger partial charge in [0.05, 0.1) is 0 Å². The summed E-state index contributed by atoms with van der Waals surface area (Å²) in [6.45, 7) is 11.2. The minimum absolute atomic E-state index is 0.420. The van der Waals surface area contributed by atoms with E-state index in [4.69, 9.17) is 4.52 Å². The van der Waals surface area contributed by atoms with E-state index in [1.54, 1.807) is 0 Å². The van der Waals surface area contributed by atoms with Crippen LogP contribution in [-0.2, 0) is 19.4 Å². The lowest BCUT2D eigenvalue weighted by molar-refractivity contribution is 0.176. The summed E-state index contributed by atoms with van der Waals surface area (Å²) in [7, 11) is 0. The van der Waals surface area contributed by atoms with Crippen molar-refractivity contribution in [3.8, 4) is 0 Å². The molecule has 0 radical (unpaired) electrons. The monoisotopic (exact) mass is 264 g/mol. The van der Waals surface area contributed by atoms with Gasteiger partial charge in [-0.3, -0.25) is 0 Å². The number of rotatable bonds is 6. The molecule has 3 nitrogen and oxygen atoms in total. The molecule has 1 aromatic heterocycles. The molecule has 0 aliphatic heterocycles. The standard InChI is InChI=1S/C16H28N2O/c1-5-9-17-11-14-13-10-12(16(3,4)6-2)7-8-15(13)19-18-14/h12,17H,5-11H2,1-4H3. The third-order valence-electron chi connectivity index (χ3n) is 4.86. The molecule has 0 saturated carbocycles. The Balaban J connectivity index is 2.07. The molecular formula is C16H28N2O. The molecule has 1 aromatic rings. The minimum atomic E-state index is 0.420. The molecule has 1 aliphatic rings. The van der Waals surface area contributed by atoms with E-state index in [0.29, 0.717) is 5.41 Å². The van der Waals surface area contributed by atoms with Gasteiger partial charge in [-0.25, -0.2) is 0 Å². The zero-order valence-corrected chi connectivity index (χ0v) is 12.9. The van der Waals surface area contributed by atoms with Crippen molar-refractivity contribution in [2.75, 3.05) is 6.54 Å². The van der Waals surface area contributed by atoms with Gasteiger partial charge in [-0.1, -0.05) is 39.3 Å². The van der Waals surface area contributed by atoms with E-state index in [-0.39, 0.29) is 0 Å². The van der Waals surface area contributed by atoms with Crippen LogP contribution in [-0.4, -0.2) is 11.7 Å². The molecular weight excluding hydrogens is 236 g/mol. The van der Waals surface area contributed by atoms with Crippen LogP contribution >= 0.6 is 0 Å². The molecule has 2 rings (SSSR count). The molecule has 0 bridgehead atoms. The summed E-state index contributed by atoms with van der Waals surface area (Å²) in [5.41, 5.74) is 2.95. The van der Waals surface area contributed by atoms with Crippen molar-refractivity contribution in [3.05, 3.63) is 17.0 Å². The molecule has 0 aromatic carbocycles. The van der Waals surface area contributed by atoms with Gasteiger partial charge in [-0.15, -0.1) is 0 Å². The molecule has 1 unspecified atom stereocenters. The minimum Gasteiger partial charge on any atom is -0.361 e. The quantitative estimate of drug-likeness (QED) is 0.796. The molecule has 108 valence electrons. The van der Waals surface area contributed by atoms with Gasteiger partial charge >= 0.3 is 0 Å². The first-order chi connectivity index (χ1) is 9.08. The predicted octanol–water partition coefficient (Wildman–Crippen LogP) is 3.72. The maximum atomic E-state index is 5.52. The van der Waals surface area contributed by atoms with Crippen molar-refractivity contribution in [1.29, 1.82) is 0 Å². The zero-order valence-electron chi connectivity index (χ0n) is 12.9. The first kappa shape index (κ1) is 14.6. The summed E-state index contributed by atoms with van der Waals surface area (Å²) in [5.74, 6) is 1.89. The van der Waals surface area contributed by atoms with Gasteiger partial charge in [0.25, 0.3) is 0 Å². The van der Waals surface area contributed by atoms with Gasteiger partial charge in [0.2, 0.25) is 0 Å². The van der Waals surface area contributed by atoms with Crippen LogP contribution in [0.4, 0.5) is 0 Å². The summed E-state index contributed by atoms with van der Waals surface area (Å²) in [6.07, 6.45) is 5.84. The lowest BCUT2D eigenvalue weighted by Crippen LogP contribution is -2.29. The Kier molecular flexibility index (Phi) is 4.67. The van der Waals surface area contributed by atoms with Crippen molar-refractivity contribution in [2.45, 2.75) is 66.3 Å². The number of fused-ring (bicyclic) bond motifs is 1. The highest BCUT2D eigenvalue weighted by molar-refractivity contribution is 5.26. The van der Waals surface area contributed by atoms with E-state index in [1.807, 2.05) is 0 Å². The van der Waals surface area contributed by atoms with Gasteiger partial charge in [0, 0.05) is 18.5 Å². The van der Waals surface area contributed by atoms with Crippen molar-refractivity contribution in [1.82, 2.24) is 10.5 Å². The van der Waals surface area contributed by atoms with E-state index >= 15 is 0 Å². The maximum absolute atomic E-state index is 5.52. The second-order valence-electron chi connectivity index (χ2n) is 6.49. The predicted molar refractivity (Wildman–Crippen MR) is 78.1 cm³/mol. The Hall–Kier alpha value is -0.830. The van der Waals surface area contributed by atoms with E-state index in [0.717, 1.165) is 49.7 Å². The Bertz CT molecular complexity index is 409. The molecule has 0 spiro atoms. The van der Waals surface area contributed by atoms with E-state index < -0.39 is 0 Å². The summed E-state index contributed by atoms with van der Waals surface area (Å²) in [6, 6.07) is 0. The van der Waals surface area contributed by atoms with Crippen LogP contribution in [0, 0.1) is 11.3 Å². The molecule has 1 N–H and O–H groups in total. The van der Waals surface area contributed by atoms with Crippen LogP contribution in [0.2, 0.25) is 0 Å². The normalized spacial score (nSPS) is 19.5. The smallest absolute Gasteiger partial charge is 0.140 e. The van der Waals surface area contributed by atoms with Crippen LogP contribution in [0.3, 0.4) is 0 Å². The Morgan fingerprint density at radius 2 is 2.16 bits per heavy atom. The lowest BCUT2D eigenvalue weighted by Gasteiger charge is -2.35. The highest BCUT2D eigenvalue weighted by atomic mass is 16.5. The summed E-state index contributed by atoms with van der Waals surface area (Å²) < 4.78 is 5.52. The third-order valence-corrected chi connectivity index (χ3v) is 4.86. The highest BCUT2D eigenvalue weighted by Gasteiger charge is 2.34. The first-order valence-electron chi connectivity index (χ1n) is 7.75. The van der Waals surface area contributed by atoms with Gasteiger partial charge in [0.1, 0.15) is 11.5 Å². The molecule has 0 saturated heterocycles. The molecule has 0 amide bonds. The SMILES string of the molecule is CCCNCc1noc2c1CC(C(C)(C)CC)CC2. The molecule has 3 heteroatoms. The second kappa shape index (κ2) is 6.08. The van der Waals surface area contributed by atoms with Gasteiger partial charge in [-0.2, -0.15) is 0 Å². The van der Waals surface area contributed by atoms with Gasteiger partial charge < -0.3 is 9.84 Å². The summed E-state index contributed by atoms with van der Waals surface area (Å²) >= 11 is 0. The fourth-order valence-electron chi connectivity index (χ4n) is 2.94. The molecule has 19 heavy (non-hydrogen) atoms. The van der Waals surface area contributed by atoms with Crippen molar-refractivity contribution < 1.29 is 4.52 Å². The van der Waals surface area contributed by atoms with E-state index in [1.165, 1.54) is 18.4 Å². The fourth-order valence-corrected chi connectivity index (χ4v) is 2.94. The maximum Gasteiger partial charge on any atom is 0.140 e. The number of hydrogen-bond donors (Lipinski definition) is 1. The van der Waals surface area contributed by atoms with E-state index in [2.05, 4.69) is 38.2 Å². The largest absolute Gasteiger partial charge is 0.361 e. The van der Waals surface area contributed by atoms with Crippen LogP contribution in [0.1, 0.15) is 64.0 Å². The lowest BCUT2D eigenvalue weighted by atomic mass is 9.69. The number of nitrogens with zero attached hydrogens (tertiary/aromatic N) is 1. The van der Waals surface area contributed by atoms with Gasteiger partial charge in [0.15, 0.2) is 0 Å². The Morgan fingerprint density at radius 3 is 2.84 bits per heavy atom. The highest BCUT2D eigenvalue weighted by Crippen LogP contribution is 2.40. The average molecular weight is 264 g/mol. The number of aromatic nitrogens is 1. The number of hydrogen-bond acceptors (Lipinski definition) is 3. The van der Waals surface area contributed by atoms with Crippen molar-refractivity contribution in [3.63, 3.8) is 0 Å². The third kappa shape index (κ3) is 3.19. The zero-order chi connectivity index (χ0) is 13.9. The average Bonchev–Trinajstić information content (AvgIpc) is 2.82. The number of aryl methyl sites for hydroxylation is 1. The van der Waals surface area contributed by atoms with Crippen LogP contribution in [0.15, 0.2) is 4.52 Å². The number of nitrogens with one attached hydrogen (secondary N) is 1. The first-order valence-corrected chi connectivity index (χ1v) is 7.75. The second-order valence-corrected chi connectivity index (χ2v) is 6.49.